The summed E-state index contributed by atoms with van der Waals surface area (Å²) in [6, 6.07) is 16.6. The van der Waals surface area contributed by atoms with Crippen molar-refractivity contribution in [2.45, 2.75) is 52.4 Å². The molecule has 0 bridgehead atoms. The lowest BCUT2D eigenvalue weighted by atomic mass is 9.96. The molecule has 0 saturated heterocycles. The van der Waals surface area contributed by atoms with Crippen LogP contribution >= 0.6 is 0 Å². The number of nitrogens with two attached hydrogens (primary N) is 1. The minimum Gasteiger partial charge on any atom is -0.372 e. The van der Waals surface area contributed by atoms with Gasteiger partial charge in [0.15, 0.2) is 0 Å². The third kappa shape index (κ3) is 5.33. The van der Waals surface area contributed by atoms with Crippen molar-refractivity contribution in [2.75, 3.05) is 0 Å². The monoisotopic (exact) mass is 391 g/mol. The maximum atomic E-state index is 11.5. The minimum atomic E-state index is -0.519. The van der Waals surface area contributed by atoms with Crippen LogP contribution in [0.3, 0.4) is 0 Å². The van der Waals surface area contributed by atoms with Gasteiger partial charge in [-0.3, -0.25) is 4.79 Å². The van der Waals surface area contributed by atoms with Gasteiger partial charge in [0.05, 0.1) is 25.1 Å². The highest BCUT2D eigenvalue weighted by Crippen LogP contribution is 2.25. The smallest absolute Gasteiger partial charge is 0.268 e. The Hall–Kier alpha value is -2.92. The van der Waals surface area contributed by atoms with Gasteiger partial charge in [-0.25, -0.2) is 4.98 Å². The summed E-state index contributed by atoms with van der Waals surface area (Å²) in [6.45, 7) is 6.91. The van der Waals surface area contributed by atoms with Crippen LogP contribution in [0.5, 0.6) is 0 Å². The second kappa shape index (κ2) is 9.52. The van der Waals surface area contributed by atoms with E-state index in [2.05, 4.69) is 56.1 Å². The zero-order valence-electron chi connectivity index (χ0n) is 17.3. The molecular formula is C24H29N3O2. The Bertz CT molecular complexity index is 950. The maximum absolute atomic E-state index is 11.5. The molecule has 2 aromatic carbocycles. The lowest BCUT2D eigenvalue weighted by Gasteiger charge is -2.26. The van der Waals surface area contributed by atoms with Crippen LogP contribution in [0.4, 0.5) is 0 Å². The first-order valence-electron chi connectivity index (χ1n) is 9.99. The number of carbonyl (C=O) groups excluding carboxylic acids is 1. The zero-order chi connectivity index (χ0) is 20.8. The average Bonchev–Trinajstić information content (AvgIpc) is 3.20. The number of hydrogen-bond donors (Lipinski definition) is 1. The van der Waals surface area contributed by atoms with Gasteiger partial charge >= 0.3 is 0 Å². The molecule has 0 fully saturated rings. The van der Waals surface area contributed by atoms with Crippen molar-refractivity contribution in [1.29, 1.82) is 0 Å². The number of carbonyl (C=O) groups is 1. The number of hydrogen-bond acceptors (Lipinski definition) is 3. The molecule has 3 rings (SSSR count). The van der Waals surface area contributed by atoms with Crippen LogP contribution in [0.25, 0.3) is 0 Å². The number of aryl methyl sites for hydroxylation is 2. The van der Waals surface area contributed by atoms with Crippen LogP contribution in [0.2, 0.25) is 0 Å². The molecule has 0 saturated carbocycles. The lowest BCUT2D eigenvalue weighted by molar-refractivity contribution is 0.0148. The molecule has 0 aliphatic carbocycles. The van der Waals surface area contributed by atoms with Crippen molar-refractivity contribution < 1.29 is 9.53 Å². The quantitative estimate of drug-likeness (QED) is 0.588. The number of nitrogens with zero attached hydrogens (tertiary/aromatic N) is 2. The molecule has 3 aromatic rings. The van der Waals surface area contributed by atoms with Gasteiger partial charge in [-0.2, -0.15) is 0 Å². The Kier molecular flexibility index (Phi) is 6.83. The summed E-state index contributed by atoms with van der Waals surface area (Å²) in [6.07, 6.45) is 5.13. The molecule has 5 nitrogen and oxygen atoms in total. The molecule has 0 aliphatic rings. The van der Waals surface area contributed by atoms with E-state index in [4.69, 9.17) is 10.5 Å². The van der Waals surface area contributed by atoms with Gasteiger partial charge in [0, 0.05) is 6.20 Å². The lowest BCUT2D eigenvalue weighted by Crippen LogP contribution is -2.24. The SMILES string of the molecule is Cc1cccc(CC[C@H]([C@H](C)OCc2ccccc2)n2cnc(C(N)=O)c2)c1C. The Balaban J connectivity index is 1.76. The zero-order valence-corrected chi connectivity index (χ0v) is 17.3. The van der Waals surface area contributed by atoms with Crippen LogP contribution in [0.1, 0.15) is 52.1 Å². The summed E-state index contributed by atoms with van der Waals surface area (Å²) in [7, 11) is 0. The first kappa shape index (κ1) is 20.8. The van der Waals surface area contributed by atoms with E-state index in [9.17, 15) is 4.79 Å². The number of aromatic nitrogens is 2. The number of primary amides is 1. The van der Waals surface area contributed by atoms with Gasteiger partial charge in [0.1, 0.15) is 5.69 Å². The average molecular weight is 392 g/mol. The first-order chi connectivity index (χ1) is 14.0. The van der Waals surface area contributed by atoms with E-state index in [1.165, 1.54) is 16.7 Å². The molecule has 0 radical (unpaired) electrons. The van der Waals surface area contributed by atoms with Crippen LogP contribution in [-0.4, -0.2) is 21.6 Å². The predicted molar refractivity (Wildman–Crippen MR) is 115 cm³/mol. The topological polar surface area (TPSA) is 70.1 Å². The van der Waals surface area contributed by atoms with Crippen LogP contribution < -0.4 is 5.73 Å². The molecule has 29 heavy (non-hydrogen) atoms. The molecule has 0 aliphatic heterocycles. The normalized spacial score (nSPS) is 13.2. The fraction of sp³-hybridized carbons (Fsp3) is 0.333. The summed E-state index contributed by atoms with van der Waals surface area (Å²) < 4.78 is 8.15. The minimum absolute atomic E-state index is 0.0409. The number of amides is 1. The van der Waals surface area contributed by atoms with Crippen molar-refractivity contribution >= 4 is 5.91 Å². The fourth-order valence-corrected chi connectivity index (χ4v) is 3.57. The Morgan fingerprint density at radius 1 is 1.14 bits per heavy atom. The summed E-state index contributed by atoms with van der Waals surface area (Å²) in [4.78, 5) is 15.7. The van der Waals surface area contributed by atoms with Gasteiger partial charge in [-0.1, -0.05) is 48.5 Å². The molecule has 0 spiro atoms. The molecular weight excluding hydrogens is 362 g/mol. The number of rotatable bonds is 9. The summed E-state index contributed by atoms with van der Waals surface area (Å²) in [5.41, 5.74) is 10.8. The van der Waals surface area contributed by atoms with Crippen LogP contribution in [0, 0.1) is 13.8 Å². The van der Waals surface area contributed by atoms with Gasteiger partial charge in [0.2, 0.25) is 0 Å². The fourth-order valence-electron chi connectivity index (χ4n) is 3.57. The number of imidazole rings is 1. The Labute approximate surface area is 172 Å². The maximum Gasteiger partial charge on any atom is 0.268 e. The van der Waals surface area contributed by atoms with Crippen molar-refractivity contribution in [1.82, 2.24) is 9.55 Å². The summed E-state index contributed by atoms with van der Waals surface area (Å²) >= 11 is 0. The van der Waals surface area contributed by atoms with Crippen molar-refractivity contribution in [3.05, 3.63) is 89.0 Å². The van der Waals surface area contributed by atoms with E-state index in [0.717, 1.165) is 18.4 Å². The molecule has 152 valence electrons. The van der Waals surface area contributed by atoms with E-state index in [0.29, 0.717) is 6.61 Å². The highest BCUT2D eigenvalue weighted by Gasteiger charge is 2.21. The molecule has 1 heterocycles. The van der Waals surface area contributed by atoms with E-state index in [-0.39, 0.29) is 17.8 Å². The standard InChI is InChI=1S/C24H29N3O2/c1-17-8-7-11-21(18(17)2)12-13-23(27-14-22(24(25)28)26-16-27)19(3)29-15-20-9-5-4-6-10-20/h4-11,14,16,19,23H,12-13,15H2,1-3H3,(H2,25,28)/t19-,23+/m0/s1. The van der Waals surface area contributed by atoms with E-state index in [1.54, 1.807) is 12.5 Å². The van der Waals surface area contributed by atoms with Crippen LogP contribution in [-0.2, 0) is 17.8 Å². The highest BCUT2D eigenvalue weighted by atomic mass is 16.5. The van der Waals surface area contributed by atoms with Crippen molar-refractivity contribution in [3.63, 3.8) is 0 Å². The van der Waals surface area contributed by atoms with Crippen LogP contribution in [0.15, 0.2) is 61.1 Å². The van der Waals surface area contributed by atoms with E-state index >= 15 is 0 Å². The van der Waals surface area contributed by atoms with Gasteiger partial charge < -0.3 is 15.0 Å². The van der Waals surface area contributed by atoms with E-state index in [1.807, 2.05) is 22.8 Å². The van der Waals surface area contributed by atoms with Gasteiger partial charge in [0.25, 0.3) is 5.91 Å². The number of ether oxygens (including phenoxy) is 1. The Morgan fingerprint density at radius 3 is 2.59 bits per heavy atom. The molecule has 1 amide bonds. The van der Waals surface area contributed by atoms with E-state index < -0.39 is 5.91 Å². The Morgan fingerprint density at radius 2 is 1.90 bits per heavy atom. The molecule has 2 N–H and O–H groups in total. The third-order valence-electron chi connectivity index (χ3n) is 5.56. The largest absolute Gasteiger partial charge is 0.372 e. The van der Waals surface area contributed by atoms with Crippen molar-refractivity contribution in [2.24, 2.45) is 5.73 Å². The summed E-state index contributed by atoms with van der Waals surface area (Å²) in [5, 5.41) is 0. The van der Waals surface area contributed by atoms with Gasteiger partial charge in [-0.05, 0) is 55.9 Å². The third-order valence-corrected chi connectivity index (χ3v) is 5.56. The molecule has 0 unspecified atom stereocenters. The highest BCUT2D eigenvalue weighted by molar-refractivity contribution is 5.90. The second-order valence-corrected chi connectivity index (χ2v) is 7.54. The van der Waals surface area contributed by atoms with Crippen molar-refractivity contribution in [3.8, 4) is 0 Å². The first-order valence-corrected chi connectivity index (χ1v) is 9.99. The predicted octanol–water partition coefficient (Wildman–Crippen LogP) is 4.38. The molecule has 5 heteroatoms. The molecule has 1 aromatic heterocycles. The van der Waals surface area contributed by atoms with Gasteiger partial charge in [-0.15, -0.1) is 0 Å². The summed E-state index contributed by atoms with van der Waals surface area (Å²) in [5.74, 6) is -0.519. The second-order valence-electron chi connectivity index (χ2n) is 7.54. The number of benzene rings is 2. The molecule has 2 atom stereocenters.